The molecular weight excluding hydrogens is 344 g/mol. The Hall–Kier alpha value is -3.29. The molecule has 0 aliphatic rings. The highest BCUT2D eigenvalue weighted by Crippen LogP contribution is 2.21. The lowest BCUT2D eigenvalue weighted by Crippen LogP contribution is -2.49. The van der Waals surface area contributed by atoms with E-state index in [0.717, 1.165) is 19.9 Å². The van der Waals surface area contributed by atoms with Gasteiger partial charge in [-0.25, -0.2) is 14.4 Å². The van der Waals surface area contributed by atoms with Crippen LogP contribution in [0.2, 0.25) is 0 Å². The van der Waals surface area contributed by atoms with Crippen molar-refractivity contribution in [3.63, 3.8) is 0 Å². The highest BCUT2D eigenvalue weighted by atomic mass is 16.6. The van der Waals surface area contributed by atoms with Gasteiger partial charge in [-0.15, -0.1) is 0 Å². The van der Waals surface area contributed by atoms with Gasteiger partial charge in [-0.05, 0) is 13.8 Å². The van der Waals surface area contributed by atoms with E-state index in [1.54, 1.807) is 25.1 Å². The fourth-order valence-electron chi connectivity index (χ4n) is 1.84. The van der Waals surface area contributed by atoms with E-state index in [2.05, 4.69) is 9.47 Å². The maximum Gasteiger partial charge on any atom is 0.366 e. The Bertz CT molecular complexity index is 735. The highest BCUT2D eigenvalue weighted by Gasteiger charge is 2.47. The van der Waals surface area contributed by atoms with Crippen molar-refractivity contribution in [1.82, 2.24) is 0 Å². The second-order valence-electron chi connectivity index (χ2n) is 5.12. The summed E-state index contributed by atoms with van der Waals surface area (Å²) in [6, 6.07) is 7.56. The molecule has 0 bridgehead atoms. The Labute approximate surface area is 149 Å². The van der Waals surface area contributed by atoms with Gasteiger partial charge in [0.2, 0.25) is 5.78 Å². The summed E-state index contributed by atoms with van der Waals surface area (Å²) in [6.07, 6.45) is 1.49. The van der Waals surface area contributed by atoms with Crippen LogP contribution in [-0.2, 0) is 33.4 Å². The van der Waals surface area contributed by atoms with Crippen LogP contribution in [0.5, 0.6) is 0 Å². The average molecular weight is 362 g/mol. The molecule has 0 heterocycles. The second kappa shape index (κ2) is 9.26. The SMILES string of the molecule is CCOC(=O)C=CC(=O)OC(C)(C(=O)OC(C)=O)C(=O)c1ccccc1. The molecule has 8 nitrogen and oxygen atoms in total. The number of hydrogen-bond acceptors (Lipinski definition) is 8. The van der Waals surface area contributed by atoms with Gasteiger partial charge >= 0.3 is 23.9 Å². The molecular formula is C18H18O8. The van der Waals surface area contributed by atoms with Crippen molar-refractivity contribution < 1.29 is 38.2 Å². The molecule has 1 aromatic rings. The summed E-state index contributed by atoms with van der Waals surface area (Å²) in [4.78, 5) is 59.1. The van der Waals surface area contributed by atoms with Crippen LogP contribution < -0.4 is 0 Å². The first-order valence-electron chi connectivity index (χ1n) is 7.61. The number of rotatable bonds is 7. The lowest BCUT2D eigenvalue weighted by molar-refractivity contribution is -0.176. The van der Waals surface area contributed by atoms with Gasteiger partial charge in [0.15, 0.2) is 0 Å². The molecule has 0 saturated carbocycles. The quantitative estimate of drug-likeness (QED) is 0.235. The van der Waals surface area contributed by atoms with Crippen LogP contribution in [-0.4, -0.2) is 41.9 Å². The zero-order chi connectivity index (χ0) is 19.7. The highest BCUT2D eigenvalue weighted by molar-refractivity contribution is 6.17. The van der Waals surface area contributed by atoms with Gasteiger partial charge in [-0.2, -0.15) is 0 Å². The number of ether oxygens (including phenoxy) is 3. The van der Waals surface area contributed by atoms with Crippen LogP contribution in [0, 0.1) is 0 Å². The molecule has 1 aromatic carbocycles. The minimum absolute atomic E-state index is 0.0673. The standard InChI is InChI=1S/C18H18O8/c1-4-24-14(20)10-11-15(21)26-18(3,17(23)25-12(2)19)16(22)13-8-6-5-7-9-13/h5-11H,4H2,1-3H3. The number of carbonyl (C=O) groups excluding carboxylic acids is 5. The molecule has 1 atom stereocenters. The molecule has 0 saturated heterocycles. The van der Waals surface area contributed by atoms with E-state index >= 15 is 0 Å². The van der Waals surface area contributed by atoms with Crippen molar-refractivity contribution in [2.24, 2.45) is 0 Å². The lowest BCUT2D eigenvalue weighted by atomic mass is 9.94. The fraction of sp³-hybridized carbons (Fsp3) is 0.278. The van der Waals surface area contributed by atoms with Crippen LogP contribution in [0.25, 0.3) is 0 Å². The van der Waals surface area contributed by atoms with Crippen molar-refractivity contribution >= 4 is 29.7 Å². The third-order valence-corrected chi connectivity index (χ3v) is 3.04. The summed E-state index contributed by atoms with van der Waals surface area (Å²) in [5.41, 5.74) is -2.35. The zero-order valence-electron chi connectivity index (χ0n) is 14.5. The third kappa shape index (κ3) is 5.66. The number of hydrogen-bond donors (Lipinski definition) is 0. The number of carbonyl (C=O) groups is 5. The van der Waals surface area contributed by atoms with Crippen LogP contribution >= 0.6 is 0 Å². The summed E-state index contributed by atoms with van der Waals surface area (Å²) >= 11 is 0. The summed E-state index contributed by atoms with van der Waals surface area (Å²) in [5, 5.41) is 0. The Morgan fingerprint density at radius 3 is 2.12 bits per heavy atom. The third-order valence-electron chi connectivity index (χ3n) is 3.04. The summed E-state index contributed by atoms with van der Waals surface area (Å²) in [5.74, 6) is -5.17. The largest absolute Gasteiger partial charge is 0.463 e. The van der Waals surface area contributed by atoms with Gasteiger partial charge in [0.1, 0.15) is 0 Å². The molecule has 26 heavy (non-hydrogen) atoms. The normalized spacial score (nSPS) is 12.7. The maximum atomic E-state index is 12.7. The first-order valence-corrected chi connectivity index (χ1v) is 7.61. The molecule has 0 aromatic heterocycles. The first kappa shape index (κ1) is 20.8. The molecule has 8 heteroatoms. The monoisotopic (exact) mass is 362 g/mol. The van der Waals surface area contributed by atoms with E-state index in [4.69, 9.17) is 4.74 Å². The molecule has 0 fully saturated rings. The van der Waals surface area contributed by atoms with Crippen LogP contribution in [0.3, 0.4) is 0 Å². The van der Waals surface area contributed by atoms with E-state index in [-0.39, 0.29) is 12.2 Å². The maximum absolute atomic E-state index is 12.7. The molecule has 0 radical (unpaired) electrons. The molecule has 0 amide bonds. The fourth-order valence-corrected chi connectivity index (χ4v) is 1.84. The number of benzene rings is 1. The predicted molar refractivity (Wildman–Crippen MR) is 87.8 cm³/mol. The Kier molecular flexibility index (Phi) is 7.39. The molecule has 1 rings (SSSR count). The number of ketones is 1. The van der Waals surface area contributed by atoms with E-state index in [1.165, 1.54) is 12.1 Å². The zero-order valence-corrected chi connectivity index (χ0v) is 14.5. The minimum atomic E-state index is -2.41. The summed E-state index contributed by atoms with van der Waals surface area (Å²) in [7, 11) is 0. The van der Waals surface area contributed by atoms with Gasteiger partial charge < -0.3 is 14.2 Å². The average Bonchev–Trinajstić information content (AvgIpc) is 2.59. The second-order valence-corrected chi connectivity index (χ2v) is 5.12. The van der Waals surface area contributed by atoms with Crippen LogP contribution in [0.15, 0.2) is 42.5 Å². The Morgan fingerprint density at radius 1 is 1.00 bits per heavy atom. The van der Waals surface area contributed by atoms with E-state index in [9.17, 15) is 24.0 Å². The van der Waals surface area contributed by atoms with Crippen LogP contribution in [0.4, 0.5) is 0 Å². The Balaban J connectivity index is 3.10. The van der Waals surface area contributed by atoms with E-state index in [0.29, 0.717) is 6.08 Å². The molecule has 0 spiro atoms. The van der Waals surface area contributed by atoms with E-state index in [1.807, 2.05) is 0 Å². The summed E-state index contributed by atoms with van der Waals surface area (Å²) < 4.78 is 14.0. The van der Waals surface area contributed by atoms with Crippen molar-refractivity contribution in [1.29, 1.82) is 0 Å². The molecule has 0 aliphatic heterocycles. The summed E-state index contributed by atoms with van der Waals surface area (Å²) in [6.45, 7) is 3.66. The van der Waals surface area contributed by atoms with Crippen molar-refractivity contribution in [3.05, 3.63) is 48.0 Å². The smallest absolute Gasteiger partial charge is 0.366 e. The van der Waals surface area contributed by atoms with Crippen molar-refractivity contribution in [2.75, 3.05) is 6.61 Å². The molecule has 0 aliphatic carbocycles. The topological polar surface area (TPSA) is 113 Å². The molecule has 1 unspecified atom stereocenters. The van der Waals surface area contributed by atoms with Gasteiger partial charge in [0.05, 0.1) is 6.61 Å². The molecule has 0 N–H and O–H groups in total. The van der Waals surface area contributed by atoms with Gasteiger partial charge in [0.25, 0.3) is 5.60 Å². The van der Waals surface area contributed by atoms with Gasteiger partial charge in [-0.3, -0.25) is 9.59 Å². The van der Waals surface area contributed by atoms with Crippen LogP contribution in [0.1, 0.15) is 31.1 Å². The van der Waals surface area contributed by atoms with Crippen molar-refractivity contribution in [3.8, 4) is 0 Å². The van der Waals surface area contributed by atoms with Gasteiger partial charge in [-0.1, -0.05) is 30.3 Å². The minimum Gasteiger partial charge on any atom is -0.463 e. The van der Waals surface area contributed by atoms with E-state index < -0.39 is 35.3 Å². The lowest BCUT2D eigenvalue weighted by Gasteiger charge is -2.24. The Morgan fingerprint density at radius 2 is 1.58 bits per heavy atom. The first-order chi connectivity index (χ1) is 12.2. The van der Waals surface area contributed by atoms with Gasteiger partial charge in [0, 0.05) is 24.6 Å². The predicted octanol–water partition coefficient (Wildman–Crippen LogP) is 1.38. The number of esters is 4. The molecule has 138 valence electrons. The van der Waals surface area contributed by atoms with Crippen molar-refractivity contribution in [2.45, 2.75) is 26.4 Å². The number of Topliss-reactive ketones (excluding diaryl/α,β-unsaturated/α-hetero) is 1.